The third-order valence-electron chi connectivity index (χ3n) is 2.91. The summed E-state index contributed by atoms with van der Waals surface area (Å²) in [6.45, 7) is 1.22. The zero-order chi connectivity index (χ0) is 14.4. The lowest BCUT2D eigenvalue weighted by Crippen LogP contribution is -2.19. The van der Waals surface area contributed by atoms with Crippen LogP contribution in [0, 0.1) is 5.82 Å². The first-order valence-electron chi connectivity index (χ1n) is 6.44. The van der Waals surface area contributed by atoms with Crippen LogP contribution >= 0.6 is 0 Å². The molecule has 0 saturated heterocycles. The fourth-order valence-corrected chi connectivity index (χ4v) is 1.86. The molecular weight excluding hydrogens is 259 g/mol. The molecule has 2 rings (SSSR count). The normalized spacial score (nSPS) is 10.7. The number of aromatic nitrogens is 1. The number of anilines is 1. The lowest BCUT2D eigenvalue weighted by Gasteiger charge is -2.07. The highest BCUT2D eigenvalue weighted by molar-refractivity contribution is 5.33. The van der Waals surface area contributed by atoms with Crippen LogP contribution in [0.25, 0.3) is 0 Å². The predicted octanol–water partition coefficient (Wildman–Crippen LogP) is 2.18. The van der Waals surface area contributed by atoms with Crippen LogP contribution in [-0.4, -0.2) is 11.2 Å². The smallest absolute Gasteiger partial charge is 0.250 e. The Morgan fingerprint density at radius 2 is 2.00 bits per heavy atom. The second-order valence-corrected chi connectivity index (χ2v) is 4.49. The van der Waals surface area contributed by atoms with Crippen molar-refractivity contribution in [1.82, 2.24) is 4.57 Å². The fraction of sp³-hybridized carbons (Fsp3) is 0.267. The molecule has 0 aliphatic carbocycles. The van der Waals surface area contributed by atoms with Crippen molar-refractivity contribution >= 4 is 5.69 Å². The van der Waals surface area contributed by atoms with E-state index in [0.29, 0.717) is 30.8 Å². The molecule has 2 aromatic rings. The molecule has 0 unspecified atom stereocenters. The molecule has 2 N–H and O–H groups in total. The Morgan fingerprint density at radius 3 is 2.80 bits per heavy atom. The largest absolute Gasteiger partial charge is 0.398 e. The Labute approximate surface area is 116 Å². The average molecular weight is 276 g/mol. The van der Waals surface area contributed by atoms with Gasteiger partial charge in [-0.1, -0.05) is 18.2 Å². The zero-order valence-corrected chi connectivity index (χ0v) is 11.1. The Kier molecular flexibility index (Phi) is 4.90. The van der Waals surface area contributed by atoms with Crippen molar-refractivity contribution in [3.8, 4) is 0 Å². The molecule has 0 fully saturated rings. The molecule has 1 aromatic carbocycles. The van der Waals surface area contributed by atoms with E-state index < -0.39 is 0 Å². The van der Waals surface area contributed by atoms with E-state index >= 15 is 0 Å². The van der Waals surface area contributed by atoms with Gasteiger partial charge in [0.15, 0.2) is 0 Å². The number of ether oxygens (including phenoxy) is 1. The van der Waals surface area contributed by atoms with E-state index in [2.05, 4.69) is 0 Å². The van der Waals surface area contributed by atoms with Gasteiger partial charge in [-0.3, -0.25) is 4.79 Å². The van der Waals surface area contributed by atoms with Gasteiger partial charge in [0.25, 0.3) is 5.56 Å². The van der Waals surface area contributed by atoms with Gasteiger partial charge in [-0.25, -0.2) is 4.39 Å². The van der Waals surface area contributed by atoms with Gasteiger partial charge >= 0.3 is 0 Å². The van der Waals surface area contributed by atoms with Gasteiger partial charge in [0.05, 0.1) is 6.61 Å². The molecule has 0 spiro atoms. The highest BCUT2D eigenvalue weighted by Gasteiger charge is 2.01. The molecule has 1 aromatic heterocycles. The van der Waals surface area contributed by atoms with Crippen molar-refractivity contribution in [2.45, 2.75) is 19.6 Å². The molecule has 0 saturated carbocycles. The molecule has 0 aliphatic heterocycles. The molecule has 20 heavy (non-hydrogen) atoms. The second-order valence-electron chi connectivity index (χ2n) is 4.49. The highest BCUT2D eigenvalue weighted by atomic mass is 19.1. The third kappa shape index (κ3) is 3.93. The number of aryl methyl sites for hydroxylation is 1. The summed E-state index contributed by atoms with van der Waals surface area (Å²) in [5.74, 6) is -0.264. The maximum Gasteiger partial charge on any atom is 0.250 e. The first kappa shape index (κ1) is 14.3. The van der Waals surface area contributed by atoms with Crippen LogP contribution < -0.4 is 11.3 Å². The Balaban J connectivity index is 1.76. The van der Waals surface area contributed by atoms with Crippen molar-refractivity contribution in [2.24, 2.45) is 0 Å². The summed E-state index contributed by atoms with van der Waals surface area (Å²) < 4.78 is 20.3. The third-order valence-corrected chi connectivity index (χ3v) is 2.91. The highest BCUT2D eigenvalue weighted by Crippen LogP contribution is 2.07. The monoisotopic (exact) mass is 276 g/mol. The molecule has 1 heterocycles. The van der Waals surface area contributed by atoms with Gasteiger partial charge in [-0.15, -0.1) is 0 Å². The number of nitrogen functional groups attached to an aromatic ring is 1. The lowest BCUT2D eigenvalue weighted by atomic mass is 10.2. The van der Waals surface area contributed by atoms with Crippen molar-refractivity contribution in [2.75, 3.05) is 12.3 Å². The van der Waals surface area contributed by atoms with Gasteiger partial charge in [0, 0.05) is 36.7 Å². The number of nitrogens with zero attached hydrogens (tertiary/aromatic N) is 1. The molecular formula is C15H17FN2O2. The molecule has 0 aliphatic rings. The number of nitrogens with two attached hydrogens (primary N) is 1. The predicted molar refractivity (Wildman–Crippen MR) is 75.8 cm³/mol. The summed E-state index contributed by atoms with van der Waals surface area (Å²) in [5, 5.41) is 0. The van der Waals surface area contributed by atoms with Crippen LogP contribution in [0.15, 0.2) is 47.4 Å². The van der Waals surface area contributed by atoms with Gasteiger partial charge in [0.2, 0.25) is 0 Å². The first-order valence-corrected chi connectivity index (χ1v) is 6.44. The maximum absolute atomic E-state index is 13.3. The number of pyridine rings is 1. The van der Waals surface area contributed by atoms with Crippen LogP contribution in [0.3, 0.4) is 0 Å². The minimum Gasteiger partial charge on any atom is -0.398 e. The number of hydrogen-bond donors (Lipinski definition) is 1. The summed E-state index contributed by atoms with van der Waals surface area (Å²) in [6.07, 6.45) is 2.27. The Hall–Kier alpha value is -2.14. The summed E-state index contributed by atoms with van der Waals surface area (Å²) in [4.78, 5) is 11.5. The SMILES string of the molecule is Nc1ccc(=O)n(CCCOCc2ccccc2F)c1. The lowest BCUT2D eigenvalue weighted by molar-refractivity contribution is 0.113. The minimum absolute atomic E-state index is 0.0895. The minimum atomic E-state index is -0.264. The van der Waals surface area contributed by atoms with Crippen molar-refractivity contribution < 1.29 is 9.13 Å². The molecule has 5 heteroatoms. The Bertz CT molecular complexity index is 625. The molecule has 0 radical (unpaired) electrons. The van der Waals surface area contributed by atoms with Crippen LogP contribution in [0.2, 0.25) is 0 Å². The van der Waals surface area contributed by atoms with E-state index in [1.54, 1.807) is 35.0 Å². The van der Waals surface area contributed by atoms with Crippen LogP contribution in [-0.2, 0) is 17.9 Å². The summed E-state index contributed by atoms with van der Waals surface area (Å²) in [7, 11) is 0. The van der Waals surface area contributed by atoms with Crippen LogP contribution in [0.4, 0.5) is 10.1 Å². The number of benzene rings is 1. The van der Waals surface area contributed by atoms with Gasteiger partial charge in [-0.2, -0.15) is 0 Å². The molecule has 4 nitrogen and oxygen atoms in total. The second kappa shape index (κ2) is 6.86. The number of halogens is 1. The molecule has 0 atom stereocenters. The van der Waals surface area contributed by atoms with Crippen LogP contribution in [0.5, 0.6) is 0 Å². The number of hydrogen-bond acceptors (Lipinski definition) is 3. The van der Waals surface area contributed by atoms with E-state index in [1.807, 2.05) is 0 Å². The Morgan fingerprint density at radius 1 is 1.20 bits per heavy atom. The topological polar surface area (TPSA) is 57.2 Å². The molecule has 106 valence electrons. The van der Waals surface area contributed by atoms with E-state index in [1.165, 1.54) is 12.1 Å². The molecule has 0 amide bonds. The van der Waals surface area contributed by atoms with Gasteiger partial charge in [0.1, 0.15) is 5.82 Å². The quantitative estimate of drug-likeness (QED) is 0.823. The van der Waals surface area contributed by atoms with Gasteiger partial charge in [-0.05, 0) is 18.6 Å². The maximum atomic E-state index is 13.3. The summed E-state index contributed by atoms with van der Waals surface area (Å²) in [6, 6.07) is 9.53. The van der Waals surface area contributed by atoms with Gasteiger partial charge < -0.3 is 15.0 Å². The van der Waals surface area contributed by atoms with E-state index in [0.717, 1.165) is 0 Å². The van der Waals surface area contributed by atoms with Crippen molar-refractivity contribution in [1.29, 1.82) is 0 Å². The first-order chi connectivity index (χ1) is 9.66. The van der Waals surface area contributed by atoms with E-state index in [-0.39, 0.29) is 18.0 Å². The zero-order valence-electron chi connectivity index (χ0n) is 11.1. The fourth-order valence-electron chi connectivity index (χ4n) is 1.86. The summed E-state index contributed by atoms with van der Waals surface area (Å²) >= 11 is 0. The van der Waals surface area contributed by atoms with E-state index in [9.17, 15) is 9.18 Å². The van der Waals surface area contributed by atoms with E-state index in [4.69, 9.17) is 10.5 Å². The molecule has 0 bridgehead atoms. The average Bonchev–Trinajstić information content (AvgIpc) is 2.44. The van der Waals surface area contributed by atoms with Crippen molar-refractivity contribution in [3.05, 3.63) is 64.3 Å². The summed E-state index contributed by atoms with van der Waals surface area (Å²) in [5.41, 5.74) is 6.62. The number of rotatable bonds is 6. The standard InChI is InChI=1S/C15H17FN2O2/c16-14-5-2-1-4-12(14)11-20-9-3-8-18-10-13(17)6-7-15(18)19/h1-2,4-7,10H,3,8-9,11,17H2. The van der Waals surface area contributed by atoms with Crippen molar-refractivity contribution in [3.63, 3.8) is 0 Å². The van der Waals surface area contributed by atoms with Crippen LogP contribution in [0.1, 0.15) is 12.0 Å².